The number of carbonyl (C=O) groups excluding carboxylic acids is 4. The first kappa shape index (κ1) is 25.5. The van der Waals surface area contributed by atoms with Gasteiger partial charge in [-0.15, -0.1) is 0 Å². The molecule has 2 heterocycles. The summed E-state index contributed by atoms with van der Waals surface area (Å²) < 4.78 is 0. The van der Waals surface area contributed by atoms with Crippen molar-refractivity contribution in [3.8, 4) is 0 Å². The Balaban J connectivity index is 1.47. The van der Waals surface area contributed by atoms with Crippen LogP contribution >= 0.6 is 0 Å². The smallest absolute Gasteiger partial charge is 0.299 e. The lowest BCUT2D eigenvalue weighted by Gasteiger charge is -2.29. The standard InChI is InChI=1S/C31H26N4O4/c1-21(29(37)33-19-22-10-4-2-5-11-22)35(30(38)26-14-8-9-17-32-26)24-15-16-27-25(18-24)28(36)31(39)34(27)20-23-12-6-3-7-13-23/h2-18,21H,19-20H2,1H3,(H,33,37). The minimum atomic E-state index is -0.936. The van der Waals surface area contributed by atoms with E-state index in [1.165, 1.54) is 22.1 Å². The number of Topliss-reactive ketones (excluding diaryl/α,β-unsaturated/α-hetero) is 1. The van der Waals surface area contributed by atoms with Crippen molar-refractivity contribution in [3.63, 3.8) is 0 Å². The van der Waals surface area contributed by atoms with E-state index in [4.69, 9.17) is 0 Å². The number of carbonyl (C=O) groups is 4. The zero-order chi connectivity index (χ0) is 27.4. The molecule has 1 unspecified atom stereocenters. The molecule has 39 heavy (non-hydrogen) atoms. The van der Waals surface area contributed by atoms with Crippen LogP contribution in [0.4, 0.5) is 11.4 Å². The zero-order valence-corrected chi connectivity index (χ0v) is 21.3. The summed E-state index contributed by atoms with van der Waals surface area (Å²) in [5, 5.41) is 2.88. The molecule has 3 aromatic carbocycles. The lowest BCUT2D eigenvalue weighted by molar-refractivity contribution is -0.122. The Hall–Kier alpha value is -5.11. The molecule has 1 N–H and O–H groups in total. The second kappa shape index (κ2) is 11.1. The van der Waals surface area contributed by atoms with Gasteiger partial charge in [-0.25, -0.2) is 0 Å². The Morgan fingerprint density at radius 3 is 2.21 bits per heavy atom. The monoisotopic (exact) mass is 518 g/mol. The van der Waals surface area contributed by atoms with Gasteiger partial charge in [0.05, 0.1) is 17.8 Å². The Kier molecular flexibility index (Phi) is 7.27. The molecule has 3 amide bonds. The van der Waals surface area contributed by atoms with Crippen LogP contribution in [0.3, 0.4) is 0 Å². The van der Waals surface area contributed by atoms with E-state index >= 15 is 0 Å². The van der Waals surface area contributed by atoms with E-state index < -0.39 is 23.6 Å². The zero-order valence-electron chi connectivity index (χ0n) is 21.3. The number of hydrogen-bond acceptors (Lipinski definition) is 5. The van der Waals surface area contributed by atoms with Crippen LogP contribution in [-0.4, -0.2) is 34.5 Å². The van der Waals surface area contributed by atoms with Gasteiger partial charge in [0.25, 0.3) is 17.6 Å². The third-order valence-electron chi connectivity index (χ3n) is 6.60. The van der Waals surface area contributed by atoms with E-state index in [9.17, 15) is 19.2 Å². The molecule has 0 radical (unpaired) electrons. The molecular formula is C31H26N4O4. The number of rotatable bonds is 8. The summed E-state index contributed by atoms with van der Waals surface area (Å²) >= 11 is 0. The highest BCUT2D eigenvalue weighted by Crippen LogP contribution is 2.34. The summed E-state index contributed by atoms with van der Waals surface area (Å²) in [6, 6.07) is 27.6. The predicted octanol–water partition coefficient (Wildman–Crippen LogP) is 4.16. The van der Waals surface area contributed by atoms with Crippen LogP contribution in [0, 0.1) is 0 Å². The molecule has 1 aromatic heterocycles. The maximum Gasteiger partial charge on any atom is 0.299 e. The van der Waals surface area contributed by atoms with Gasteiger partial charge < -0.3 is 10.2 Å². The normalized spacial score (nSPS) is 13.1. The molecule has 8 heteroatoms. The molecule has 0 aliphatic carbocycles. The number of anilines is 2. The van der Waals surface area contributed by atoms with Crippen LogP contribution in [-0.2, 0) is 22.7 Å². The van der Waals surface area contributed by atoms with Crippen molar-refractivity contribution in [2.24, 2.45) is 0 Å². The molecule has 8 nitrogen and oxygen atoms in total. The Labute approximate surface area is 225 Å². The van der Waals surface area contributed by atoms with Gasteiger partial charge in [0, 0.05) is 18.4 Å². The average Bonchev–Trinajstić information content (AvgIpc) is 3.21. The van der Waals surface area contributed by atoms with Crippen LogP contribution in [0.25, 0.3) is 0 Å². The lowest BCUT2D eigenvalue weighted by atomic mass is 10.1. The van der Waals surface area contributed by atoms with E-state index in [1.54, 1.807) is 37.3 Å². The van der Waals surface area contributed by atoms with Gasteiger partial charge in [-0.1, -0.05) is 66.7 Å². The second-order valence-electron chi connectivity index (χ2n) is 9.18. The highest BCUT2D eigenvalue weighted by Gasteiger charge is 2.37. The number of fused-ring (bicyclic) bond motifs is 1. The molecule has 4 aromatic rings. The topological polar surface area (TPSA) is 99.7 Å². The molecular weight excluding hydrogens is 492 g/mol. The maximum absolute atomic E-state index is 13.6. The molecule has 1 aliphatic rings. The highest BCUT2D eigenvalue weighted by molar-refractivity contribution is 6.52. The summed E-state index contributed by atoms with van der Waals surface area (Å²) in [6.45, 7) is 2.15. The van der Waals surface area contributed by atoms with Crippen molar-refractivity contribution in [2.45, 2.75) is 26.1 Å². The quantitative estimate of drug-likeness (QED) is 0.353. The van der Waals surface area contributed by atoms with Crippen LogP contribution in [0.2, 0.25) is 0 Å². The first-order valence-corrected chi connectivity index (χ1v) is 12.5. The van der Waals surface area contributed by atoms with Crippen LogP contribution < -0.4 is 15.1 Å². The van der Waals surface area contributed by atoms with Crippen LogP contribution in [0.15, 0.2) is 103 Å². The number of pyridine rings is 1. The minimum absolute atomic E-state index is 0.147. The fourth-order valence-corrected chi connectivity index (χ4v) is 4.54. The molecule has 0 spiro atoms. The number of benzene rings is 3. The largest absolute Gasteiger partial charge is 0.350 e. The molecule has 194 valence electrons. The minimum Gasteiger partial charge on any atom is -0.350 e. The number of hydrogen-bond donors (Lipinski definition) is 1. The summed E-state index contributed by atoms with van der Waals surface area (Å²) in [6.07, 6.45) is 1.50. The molecule has 1 aliphatic heterocycles. The van der Waals surface area contributed by atoms with Crippen molar-refractivity contribution in [3.05, 3.63) is 126 Å². The first-order valence-electron chi connectivity index (χ1n) is 12.5. The van der Waals surface area contributed by atoms with Crippen molar-refractivity contribution < 1.29 is 19.2 Å². The molecule has 1 atom stereocenters. The molecule has 0 saturated heterocycles. The first-order chi connectivity index (χ1) is 18.9. The van der Waals surface area contributed by atoms with Gasteiger partial charge in [-0.05, 0) is 48.4 Å². The third kappa shape index (κ3) is 5.31. The van der Waals surface area contributed by atoms with E-state index in [2.05, 4.69) is 10.3 Å². The van der Waals surface area contributed by atoms with Gasteiger partial charge in [0.15, 0.2) is 0 Å². The van der Waals surface area contributed by atoms with Gasteiger partial charge in [-0.2, -0.15) is 0 Å². The molecule has 0 bridgehead atoms. The number of ketones is 1. The summed E-state index contributed by atoms with van der Waals surface area (Å²) in [5.41, 5.74) is 2.91. The number of amides is 3. The van der Waals surface area contributed by atoms with Gasteiger partial charge in [0.2, 0.25) is 5.91 Å². The second-order valence-corrected chi connectivity index (χ2v) is 9.18. The number of aromatic nitrogens is 1. The van der Waals surface area contributed by atoms with Crippen molar-refractivity contribution in [2.75, 3.05) is 9.80 Å². The van der Waals surface area contributed by atoms with E-state index in [1.807, 2.05) is 60.7 Å². The third-order valence-corrected chi connectivity index (χ3v) is 6.60. The van der Waals surface area contributed by atoms with Gasteiger partial charge >= 0.3 is 0 Å². The predicted molar refractivity (Wildman–Crippen MR) is 147 cm³/mol. The Morgan fingerprint density at radius 2 is 1.54 bits per heavy atom. The summed E-state index contributed by atoms with van der Waals surface area (Å²) in [4.78, 5) is 59.6. The molecule has 5 rings (SSSR count). The maximum atomic E-state index is 13.6. The highest BCUT2D eigenvalue weighted by atomic mass is 16.2. The fraction of sp³-hybridized carbons (Fsp3) is 0.129. The van der Waals surface area contributed by atoms with E-state index in [0.29, 0.717) is 17.9 Å². The molecule has 0 saturated carbocycles. The number of nitrogens with zero attached hydrogens (tertiary/aromatic N) is 3. The summed E-state index contributed by atoms with van der Waals surface area (Å²) in [7, 11) is 0. The van der Waals surface area contributed by atoms with Gasteiger partial charge in [0.1, 0.15) is 11.7 Å². The Morgan fingerprint density at radius 1 is 0.872 bits per heavy atom. The average molecular weight is 519 g/mol. The van der Waals surface area contributed by atoms with Crippen molar-refractivity contribution in [1.29, 1.82) is 0 Å². The lowest BCUT2D eigenvalue weighted by Crippen LogP contribution is -2.48. The fourth-order valence-electron chi connectivity index (χ4n) is 4.54. The van der Waals surface area contributed by atoms with Crippen molar-refractivity contribution >= 4 is 34.9 Å². The van der Waals surface area contributed by atoms with Crippen molar-refractivity contribution in [1.82, 2.24) is 10.3 Å². The van der Waals surface area contributed by atoms with E-state index in [0.717, 1.165) is 11.1 Å². The van der Waals surface area contributed by atoms with Gasteiger partial charge in [-0.3, -0.25) is 29.1 Å². The summed E-state index contributed by atoms with van der Waals surface area (Å²) in [5.74, 6) is -2.18. The Bertz CT molecular complexity index is 1520. The van der Waals surface area contributed by atoms with Crippen LogP contribution in [0.1, 0.15) is 38.9 Å². The molecule has 0 fully saturated rings. The van der Waals surface area contributed by atoms with E-state index in [-0.39, 0.29) is 23.7 Å². The van der Waals surface area contributed by atoms with Crippen LogP contribution in [0.5, 0.6) is 0 Å². The SMILES string of the molecule is CC(C(=O)NCc1ccccc1)N(C(=O)c1ccccn1)c1ccc2c(c1)C(=O)C(=O)N2Cc1ccccc1. The number of nitrogens with one attached hydrogen (secondary N) is 1.